The van der Waals surface area contributed by atoms with Crippen LogP contribution in [0, 0.1) is 11.2 Å². The molecule has 3 nitrogen and oxygen atoms in total. The Morgan fingerprint density at radius 1 is 0.889 bits per heavy atom. The van der Waals surface area contributed by atoms with Gasteiger partial charge in [-0.15, -0.1) is 0 Å². The summed E-state index contributed by atoms with van der Waals surface area (Å²) in [6.07, 6.45) is 6.45. The minimum absolute atomic E-state index is 0.591. The lowest BCUT2D eigenvalue weighted by Crippen LogP contribution is -1.96. The Morgan fingerprint density at radius 2 is 1.39 bits per heavy atom. The second-order valence-electron chi connectivity index (χ2n) is 4.48. The topological polar surface area (TPSA) is 27.7 Å². The number of benzene rings is 1. The second-order valence-corrected chi connectivity index (χ2v) is 8.36. The smallest absolute Gasteiger partial charge is 0.203 e. The largest absolute Gasteiger partial charge is 0.493 e. The average molecular weight is 268 g/mol. The molecule has 0 saturated carbocycles. The van der Waals surface area contributed by atoms with Crippen molar-refractivity contribution in [1.82, 2.24) is 0 Å². The number of hydrogen-bond acceptors (Lipinski definition) is 3. The van der Waals surface area contributed by atoms with Gasteiger partial charge in [0.15, 0.2) is 11.5 Å². The summed E-state index contributed by atoms with van der Waals surface area (Å²) in [7, 11) is 3.94. The van der Waals surface area contributed by atoms with Crippen molar-refractivity contribution in [1.29, 1.82) is 0 Å². The summed E-state index contributed by atoms with van der Waals surface area (Å²) in [5.41, 5.74) is 0.868. The molecule has 0 bridgehead atoms. The summed E-state index contributed by atoms with van der Waals surface area (Å²) < 4.78 is 15.8. The molecule has 0 atom stereocenters. The molecular weight excluding hydrogens is 248 g/mol. The molecule has 1 aromatic rings. The van der Waals surface area contributed by atoms with Crippen LogP contribution in [0.25, 0.3) is 0 Å². The third-order valence-corrected chi connectivity index (χ3v) is 2.88. The molecule has 0 aromatic heterocycles. The zero-order valence-electron chi connectivity index (χ0n) is 11.8. The first kappa shape index (κ1) is 14.6. The van der Waals surface area contributed by atoms with Crippen LogP contribution in [0.4, 0.5) is 0 Å². The van der Waals surface area contributed by atoms with Gasteiger partial charge in [-0.25, -0.2) is 0 Å². The third kappa shape index (κ3) is 3.78. The minimum Gasteiger partial charge on any atom is -0.493 e. The molecule has 100 valence electrons. The Morgan fingerprint density at radius 3 is 1.72 bits per heavy atom. The molecule has 18 heavy (non-hydrogen) atoms. The van der Waals surface area contributed by atoms with Gasteiger partial charge < -0.3 is 14.2 Å². The van der Waals surface area contributed by atoms with Gasteiger partial charge in [0, 0.05) is 5.56 Å². The van der Waals surface area contributed by atoms with Crippen molar-refractivity contribution in [2.24, 2.45) is 0 Å². The molecule has 1 rings (SSSR count). The maximum Gasteiger partial charge on any atom is 0.203 e. The Labute approximate surface area is 111 Å². The summed E-state index contributed by atoms with van der Waals surface area (Å²) in [4.78, 5) is 0. The predicted octanol–water partition coefficient (Wildman–Crippen LogP) is 2.72. The molecule has 0 aliphatic heterocycles. The van der Waals surface area contributed by atoms with Crippen LogP contribution in [-0.4, -0.2) is 40.1 Å². The van der Waals surface area contributed by atoms with Crippen LogP contribution >= 0.6 is 10.0 Å². The first-order valence-electron chi connectivity index (χ1n) is 5.42. The minimum atomic E-state index is -0.851. The number of methoxy groups -OCH3 is 3. The van der Waals surface area contributed by atoms with E-state index in [-0.39, 0.29) is 0 Å². The van der Waals surface area contributed by atoms with E-state index < -0.39 is 10.0 Å². The molecule has 0 N–H and O–H groups in total. The summed E-state index contributed by atoms with van der Waals surface area (Å²) >= 11 is 0. The van der Waals surface area contributed by atoms with Gasteiger partial charge in [0.25, 0.3) is 0 Å². The summed E-state index contributed by atoms with van der Waals surface area (Å²) in [6.45, 7) is 0. The Kier molecular flexibility index (Phi) is 4.80. The van der Waals surface area contributed by atoms with Gasteiger partial charge in [-0.1, -0.05) is 5.92 Å². The van der Waals surface area contributed by atoms with Gasteiger partial charge in [-0.3, -0.25) is 0 Å². The number of ether oxygens (including phenoxy) is 3. The van der Waals surface area contributed by atoms with Crippen LogP contribution in [-0.2, 0) is 0 Å². The molecule has 0 saturated heterocycles. The molecular formula is C14H20O3S. The van der Waals surface area contributed by atoms with E-state index in [0.717, 1.165) is 5.56 Å². The molecule has 0 radical (unpaired) electrons. The fraction of sp³-hybridized carbons (Fsp3) is 0.429. The SMILES string of the molecule is COc1cc(C#CS(C)(C)C)cc(OC)c1OC. The standard InChI is InChI=1S/C14H20O3S/c1-15-12-9-11(7-8-18(4,5)6)10-13(16-2)14(12)17-3/h9-10H,1-6H3. The molecule has 0 spiro atoms. The lowest BCUT2D eigenvalue weighted by Gasteiger charge is -2.15. The molecule has 4 heteroatoms. The van der Waals surface area contributed by atoms with Crippen molar-refractivity contribution in [2.45, 2.75) is 0 Å². The van der Waals surface area contributed by atoms with E-state index in [0.29, 0.717) is 17.2 Å². The normalized spacial score (nSPS) is 11.2. The summed E-state index contributed by atoms with van der Waals surface area (Å²) in [5, 5.41) is 3.26. The Bertz CT molecular complexity index is 453. The molecule has 0 aliphatic rings. The number of hydrogen-bond donors (Lipinski definition) is 0. The highest BCUT2D eigenvalue weighted by molar-refractivity contribution is 8.35. The summed E-state index contributed by atoms with van der Waals surface area (Å²) in [6, 6.07) is 3.72. The molecule has 1 aromatic carbocycles. The third-order valence-electron chi connectivity index (χ3n) is 2.17. The average Bonchev–Trinajstić information content (AvgIpc) is 2.33. The predicted molar refractivity (Wildman–Crippen MR) is 78.3 cm³/mol. The van der Waals surface area contributed by atoms with Crippen molar-refractivity contribution in [3.8, 4) is 28.4 Å². The monoisotopic (exact) mass is 268 g/mol. The van der Waals surface area contributed by atoms with E-state index in [4.69, 9.17) is 14.2 Å². The first-order valence-corrected chi connectivity index (χ1v) is 8.28. The quantitative estimate of drug-likeness (QED) is 0.789. The van der Waals surface area contributed by atoms with Crippen molar-refractivity contribution in [3.05, 3.63) is 17.7 Å². The molecule has 0 heterocycles. The Hall–Kier alpha value is -1.47. The van der Waals surface area contributed by atoms with Crippen LogP contribution < -0.4 is 14.2 Å². The van der Waals surface area contributed by atoms with Gasteiger partial charge in [0.1, 0.15) is 0 Å². The van der Waals surface area contributed by atoms with Crippen LogP contribution in [0.15, 0.2) is 12.1 Å². The van der Waals surface area contributed by atoms with Crippen LogP contribution in [0.1, 0.15) is 5.56 Å². The molecule has 0 amide bonds. The van der Waals surface area contributed by atoms with E-state index >= 15 is 0 Å². The maximum absolute atomic E-state index is 5.29. The molecule has 0 unspecified atom stereocenters. The fourth-order valence-corrected chi connectivity index (χ4v) is 1.79. The lowest BCUT2D eigenvalue weighted by molar-refractivity contribution is 0.324. The van der Waals surface area contributed by atoms with Crippen LogP contribution in [0.5, 0.6) is 17.2 Å². The van der Waals surface area contributed by atoms with E-state index in [1.807, 2.05) is 12.1 Å². The van der Waals surface area contributed by atoms with Crippen molar-refractivity contribution < 1.29 is 14.2 Å². The van der Waals surface area contributed by atoms with Gasteiger partial charge in [-0.05, 0) is 36.2 Å². The van der Waals surface area contributed by atoms with Crippen LogP contribution in [0.2, 0.25) is 0 Å². The molecule has 0 aliphatic carbocycles. The van der Waals surface area contributed by atoms with Crippen molar-refractivity contribution >= 4 is 10.0 Å². The van der Waals surface area contributed by atoms with Gasteiger partial charge in [0.05, 0.1) is 21.3 Å². The summed E-state index contributed by atoms with van der Waals surface area (Å²) in [5.74, 6) is 5.01. The van der Waals surface area contributed by atoms with E-state index in [9.17, 15) is 0 Å². The van der Waals surface area contributed by atoms with E-state index in [2.05, 4.69) is 29.9 Å². The van der Waals surface area contributed by atoms with Crippen molar-refractivity contribution in [2.75, 3.05) is 40.1 Å². The van der Waals surface area contributed by atoms with Gasteiger partial charge in [0.2, 0.25) is 5.75 Å². The number of rotatable bonds is 3. The lowest BCUT2D eigenvalue weighted by atomic mass is 10.2. The highest BCUT2D eigenvalue weighted by Gasteiger charge is 2.12. The second kappa shape index (κ2) is 5.92. The highest BCUT2D eigenvalue weighted by Crippen LogP contribution is 2.38. The van der Waals surface area contributed by atoms with Crippen LogP contribution in [0.3, 0.4) is 0 Å². The van der Waals surface area contributed by atoms with Crippen molar-refractivity contribution in [3.63, 3.8) is 0 Å². The first-order chi connectivity index (χ1) is 8.41. The zero-order valence-corrected chi connectivity index (χ0v) is 12.6. The fourth-order valence-electron chi connectivity index (χ4n) is 1.37. The highest BCUT2D eigenvalue weighted by atomic mass is 32.3. The molecule has 0 fully saturated rings. The maximum atomic E-state index is 5.29. The Balaban J connectivity index is 3.26. The van der Waals surface area contributed by atoms with E-state index in [1.54, 1.807) is 21.3 Å². The van der Waals surface area contributed by atoms with E-state index in [1.165, 1.54) is 0 Å². The van der Waals surface area contributed by atoms with Gasteiger partial charge >= 0.3 is 0 Å². The zero-order chi connectivity index (χ0) is 13.8. The van der Waals surface area contributed by atoms with Gasteiger partial charge in [-0.2, -0.15) is 10.0 Å².